The molecule has 1 unspecified atom stereocenters. The quantitative estimate of drug-likeness (QED) is 0.942. The molecule has 1 N–H and O–H groups in total. The Bertz CT molecular complexity index is 674. The Morgan fingerprint density at radius 2 is 2.17 bits per heavy atom. The normalized spacial score (nSPS) is 25.0. The van der Waals surface area contributed by atoms with Gasteiger partial charge in [-0.25, -0.2) is 0 Å². The smallest absolute Gasteiger partial charge is 0.0491 e. The Morgan fingerprint density at radius 1 is 1.30 bits per heavy atom. The largest absolute Gasteiger partial charge is 0.384 e. The number of rotatable bonds is 4. The van der Waals surface area contributed by atoms with E-state index < -0.39 is 0 Å². The molecule has 1 spiro atoms. The highest BCUT2D eigenvalue weighted by Gasteiger charge is 2.49. The predicted octanol–water partition coefficient (Wildman–Crippen LogP) is 2.71. The number of hydrogen-bond donors (Lipinski definition) is 1. The van der Waals surface area contributed by atoms with Crippen LogP contribution in [0.2, 0.25) is 0 Å². The number of nitrogens with one attached hydrogen (secondary N) is 1. The maximum absolute atomic E-state index is 5.40. The Balaban J connectivity index is 1.43. The molecule has 0 radical (unpaired) electrons. The number of aromatic amines is 1. The number of benzene rings is 1. The summed E-state index contributed by atoms with van der Waals surface area (Å²) in [6.45, 7) is 5.54. The number of ether oxygens (including phenoxy) is 1. The summed E-state index contributed by atoms with van der Waals surface area (Å²) in [7, 11) is 4.13. The minimum Gasteiger partial charge on any atom is -0.384 e. The first-order valence-corrected chi connectivity index (χ1v) is 8.68. The van der Waals surface area contributed by atoms with Gasteiger partial charge in [0.25, 0.3) is 0 Å². The van der Waals surface area contributed by atoms with Crippen LogP contribution in [0, 0.1) is 5.92 Å². The van der Waals surface area contributed by atoms with E-state index in [1.165, 1.54) is 48.9 Å². The summed E-state index contributed by atoms with van der Waals surface area (Å²) >= 11 is 0. The maximum atomic E-state index is 5.40. The van der Waals surface area contributed by atoms with E-state index in [2.05, 4.69) is 46.1 Å². The molecule has 2 aromatic rings. The Hall–Kier alpha value is -1.36. The summed E-state index contributed by atoms with van der Waals surface area (Å²) in [5.74, 6) is 0.728. The lowest BCUT2D eigenvalue weighted by atomic mass is 9.75. The van der Waals surface area contributed by atoms with Crippen molar-refractivity contribution in [2.45, 2.75) is 24.9 Å². The van der Waals surface area contributed by atoms with Crippen LogP contribution < -0.4 is 0 Å². The van der Waals surface area contributed by atoms with Gasteiger partial charge in [-0.1, -0.05) is 12.1 Å². The monoisotopic (exact) mass is 313 g/mol. The first-order chi connectivity index (χ1) is 11.2. The number of piperidine rings is 1. The Kier molecular flexibility index (Phi) is 3.92. The van der Waals surface area contributed by atoms with Crippen LogP contribution in [0.5, 0.6) is 0 Å². The predicted molar refractivity (Wildman–Crippen MR) is 93.5 cm³/mol. The summed E-state index contributed by atoms with van der Waals surface area (Å²) in [4.78, 5) is 8.49. The molecule has 4 rings (SSSR count). The topological polar surface area (TPSA) is 31.5 Å². The van der Waals surface area contributed by atoms with Crippen LogP contribution in [0.25, 0.3) is 10.9 Å². The molecule has 1 aromatic heterocycles. The fourth-order valence-corrected chi connectivity index (χ4v) is 4.58. The average Bonchev–Trinajstić information content (AvgIpc) is 2.99. The van der Waals surface area contributed by atoms with E-state index in [4.69, 9.17) is 4.74 Å². The van der Waals surface area contributed by atoms with Gasteiger partial charge in [-0.15, -0.1) is 0 Å². The maximum Gasteiger partial charge on any atom is 0.0491 e. The van der Waals surface area contributed by atoms with Crippen molar-refractivity contribution >= 4 is 10.9 Å². The molecule has 4 nitrogen and oxygen atoms in total. The molecule has 2 aliphatic rings. The fourth-order valence-electron chi connectivity index (χ4n) is 4.58. The lowest BCUT2D eigenvalue weighted by Gasteiger charge is -2.58. The Labute approximate surface area is 138 Å². The first kappa shape index (κ1) is 15.2. The summed E-state index contributed by atoms with van der Waals surface area (Å²) in [5.41, 5.74) is 3.06. The molecule has 23 heavy (non-hydrogen) atoms. The molecule has 2 fully saturated rings. The van der Waals surface area contributed by atoms with E-state index in [-0.39, 0.29) is 0 Å². The van der Waals surface area contributed by atoms with Gasteiger partial charge in [-0.3, -0.25) is 9.80 Å². The van der Waals surface area contributed by atoms with Gasteiger partial charge in [-0.05, 0) is 50.0 Å². The second-order valence-corrected chi connectivity index (χ2v) is 7.46. The van der Waals surface area contributed by atoms with Crippen molar-refractivity contribution < 1.29 is 4.74 Å². The molecular formula is C19H27N3O. The van der Waals surface area contributed by atoms with Crippen LogP contribution in [-0.2, 0) is 11.3 Å². The zero-order chi connectivity index (χ0) is 15.9. The van der Waals surface area contributed by atoms with Gasteiger partial charge < -0.3 is 9.72 Å². The molecule has 3 heterocycles. The van der Waals surface area contributed by atoms with Gasteiger partial charge in [-0.2, -0.15) is 0 Å². The molecule has 0 aliphatic carbocycles. The van der Waals surface area contributed by atoms with Gasteiger partial charge in [0.15, 0.2) is 0 Å². The zero-order valence-electron chi connectivity index (χ0n) is 14.2. The standard InChI is InChI=1S/C19H27N3O/c1-21-9-7-15(12-23-2)10-19(21)13-22(14-19)11-16-4-3-5-18-17(16)6-8-20-18/h3-6,8,15,20H,7,9-14H2,1-2H3. The molecule has 0 bridgehead atoms. The van der Waals surface area contributed by atoms with Gasteiger partial charge in [0, 0.05) is 56.0 Å². The molecule has 2 saturated heterocycles. The van der Waals surface area contributed by atoms with Gasteiger partial charge in [0.1, 0.15) is 0 Å². The van der Waals surface area contributed by atoms with Crippen LogP contribution in [0.1, 0.15) is 18.4 Å². The van der Waals surface area contributed by atoms with Crippen LogP contribution >= 0.6 is 0 Å². The van der Waals surface area contributed by atoms with E-state index in [1.54, 1.807) is 0 Å². The first-order valence-electron chi connectivity index (χ1n) is 8.68. The summed E-state index contributed by atoms with van der Waals surface area (Å²) in [5, 5.41) is 1.36. The molecule has 0 saturated carbocycles. The van der Waals surface area contributed by atoms with Crippen molar-refractivity contribution in [2.75, 3.05) is 40.4 Å². The Morgan fingerprint density at radius 3 is 3.00 bits per heavy atom. The zero-order valence-corrected chi connectivity index (χ0v) is 14.2. The summed E-state index contributed by atoms with van der Waals surface area (Å²) in [6.07, 6.45) is 4.59. The fraction of sp³-hybridized carbons (Fsp3) is 0.579. The van der Waals surface area contributed by atoms with Crippen LogP contribution in [-0.4, -0.2) is 60.7 Å². The molecule has 1 aromatic carbocycles. The van der Waals surface area contributed by atoms with Crippen molar-refractivity contribution in [3.05, 3.63) is 36.0 Å². The van der Waals surface area contributed by atoms with Crippen molar-refractivity contribution in [1.29, 1.82) is 0 Å². The van der Waals surface area contributed by atoms with E-state index in [1.807, 2.05) is 13.3 Å². The number of methoxy groups -OCH3 is 1. The van der Waals surface area contributed by atoms with Gasteiger partial charge in [0.05, 0.1) is 0 Å². The third kappa shape index (κ3) is 2.69. The highest BCUT2D eigenvalue weighted by molar-refractivity contribution is 5.82. The van der Waals surface area contributed by atoms with E-state index in [0.29, 0.717) is 5.54 Å². The SMILES string of the molecule is COCC1CCN(C)C2(C1)CN(Cc1cccc3[nH]ccc13)C2. The second kappa shape index (κ2) is 5.93. The van der Waals surface area contributed by atoms with Crippen molar-refractivity contribution in [1.82, 2.24) is 14.8 Å². The van der Waals surface area contributed by atoms with Crippen molar-refractivity contribution in [3.63, 3.8) is 0 Å². The van der Waals surface area contributed by atoms with E-state index in [9.17, 15) is 0 Å². The molecule has 0 amide bonds. The van der Waals surface area contributed by atoms with Crippen molar-refractivity contribution in [2.24, 2.45) is 5.92 Å². The highest BCUT2D eigenvalue weighted by atomic mass is 16.5. The van der Waals surface area contributed by atoms with Crippen molar-refractivity contribution in [3.8, 4) is 0 Å². The number of likely N-dealkylation sites (N-methyl/N-ethyl adjacent to an activating group) is 1. The minimum absolute atomic E-state index is 0.382. The van der Waals surface area contributed by atoms with Gasteiger partial charge >= 0.3 is 0 Å². The molecule has 1 atom stereocenters. The highest BCUT2D eigenvalue weighted by Crippen LogP contribution is 2.39. The summed E-state index contributed by atoms with van der Waals surface area (Å²) in [6, 6.07) is 8.77. The van der Waals surface area contributed by atoms with Gasteiger partial charge in [0.2, 0.25) is 0 Å². The molecule has 124 valence electrons. The second-order valence-electron chi connectivity index (χ2n) is 7.46. The van der Waals surface area contributed by atoms with Crippen LogP contribution in [0.4, 0.5) is 0 Å². The number of nitrogens with zero attached hydrogens (tertiary/aromatic N) is 2. The molecule has 4 heteroatoms. The van der Waals surface area contributed by atoms with E-state index >= 15 is 0 Å². The van der Waals surface area contributed by atoms with Crippen LogP contribution in [0.15, 0.2) is 30.5 Å². The number of H-pyrrole nitrogens is 1. The number of likely N-dealkylation sites (tertiary alicyclic amines) is 2. The minimum atomic E-state index is 0.382. The number of fused-ring (bicyclic) bond motifs is 1. The van der Waals surface area contributed by atoms with E-state index in [0.717, 1.165) is 19.1 Å². The third-order valence-corrected chi connectivity index (χ3v) is 5.87. The third-order valence-electron chi connectivity index (χ3n) is 5.87. The molecular weight excluding hydrogens is 286 g/mol. The molecule has 2 aliphatic heterocycles. The lowest BCUT2D eigenvalue weighted by molar-refractivity contribution is -0.0904. The number of aromatic nitrogens is 1. The lowest BCUT2D eigenvalue weighted by Crippen LogP contribution is -2.71. The number of hydrogen-bond acceptors (Lipinski definition) is 3. The summed E-state index contributed by atoms with van der Waals surface area (Å²) < 4.78 is 5.40. The van der Waals surface area contributed by atoms with Crippen LogP contribution in [0.3, 0.4) is 0 Å². The average molecular weight is 313 g/mol.